The quantitative estimate of drug-likeness (QED) is 0.780. The molecule has 0 radical (unpaired) electrons. The van der Waals surface area contributed by atoms with Crippen LogP contribution < -0.4 is 4.74 Å². The van der Waals surface area contributed by atoms with E-state index in [0.717, 1.165) is 12.1 Å². The van der Waals surface area contributed by atoms with E-state index in [2.05, 4.69) is 39.7 Å². The lowest BCUT2D eigenvalue weighted by atomic mass is 10.1. The topological polar surface area (TPSA) is 35.0 Å². The molecular weight excluding hydrogens is 268 g/mol. The van der Waals surface area contributed by atoms with Crippen LogP contribution in [-0.4, -0.2) is 20.9 Å². The van der Waals surface area contributed by atoms with Gasteiger partial charge in [-0.05, 0) is 19.8 Å². The zero-order valence-electron chi connectivity index (χ0n) is 10.3. The molecule has 1 aromatic rings. The van der Waals surface area contributed by atoms with Crippen molar-refractivity contribution in [2.24, 2.45) is 5.92 Å². The lowest BCUT2D eigenvalue weighted by molar-refractivity contribution is 0.231. The Bertz CT molecular complexity index is 329. The molecule has 1 aromatic heterocycles. The number of hydrogen-bond donors (Lipinski definition) is 0. The number of halogens is 1. The predicted molar refractivity (Wildman–Crippen MR) is 69.1 cm³/mol. The van der Waals surface area contributed by atoms with Gasteiger partial charge in [0.25, 0.3) is 0 Å². The summed E-state index contributed by atoms with van der Waals surface area (Å²) < 4.78 is 5.51. The van der Waals surface area contributed by atoms with Crippen molar-refractivity contribution in [2.45, 2.75) is 45.0 Å². The van der Waals surface area contributed by atoms with Crippen LogP contribution in [-0.2, 0) is 6.42 Å². The van der Waals surface area contributed by atoms with Crippen LogP contribution in [0.4, 0.5) is 0 Å². The number of aromatic nitrogens is 2. The maximum atomic E-state index is 5.51. The minimum absolute atomic E-state index is 0.134. The van der Waals surface area contributed by atoms with Crippen molar-refractivity contribution in [3.63, 3.8) is 0 Å². The highest BCUT2D eigenvalue weighted by Gasteiger charge is 2.11. The van der Waals surface area contributed by atoms with Gasteiger partial charge in [0.15, 0.2) is 0 Å². The highest BCUT2D eigenvalue weighted by Crippen LogP contribution is 2.17. The third-order valence-corrected chi connectivity index (χ3v) is 3.53. The Kier molecular flexibility index (Phi) is 5.19. The van der Waals surface area contributed by atoms with Crippen molar-refractivity contribution in [3.05, 3.63) is 18.1 Å². The first-order valence-corrected chi connectivity index (χ1v) is 6.52. The van der Waals surface area contributed by atoms with Crippen molar-refractivity contribution in [2.75, 3.05) is 0 Å². The number of alkyl halides is 1. The summed E-state index contributed by atoms with van der Waals surface area (Å²) >= 11 is 3.65. The summed E-state index contributed by atoms with van der Waals surface area (Å²) in [5.41, 5.74) is 0.966. The molecule has 0 amide bonds. The van der Waals surface area contributed by atoms with Crippen molar-refractivity contribution in [1.29, 1.82) is 0 Å². The fourth-order valence-corrected chi connectivity index (χ4v) is 1.55. The SMILES string of the molecule is CC(C)Oc1cncc(CC(Br)C(C)C)n1. The summed E-state index contributed by atoms with van der Waals surface area (Å²) in [6.45, 7) is 8.33. The molecule has 0 saturated carbocycles. The van der Waals surface area contributed by atoms with E-state index in [0.29, 0.717) is 16.6 Å². The van der Waals surface area contributed by atoms with Gasteiger partial charge >= 0.3 is 0 Å². The van der Waals surface area contributed by atoms with Crippen molar-refractivity contribution in [1.82, 2.24) is 9.97 Å². The zero-order chi connectivity index (χ0) is 12.1. The van der Waals surface area contributed by atoms with Gasteiger partial charge in [0, 0.05) is 17.4 Å². The van der Waals surface area contributed by atoms with Gasteiger partial charge in [-0.1, -0.05) is 29.8 Å². The van der Waals surface area contributed by atoms with Gasteiger partial charge in [-0.25, -0.2) is 4.98 Å². The molecule has 1 unspecified atom stereocenters. The second-order valence-electron chi connectivity index (χ2n) is 4.48. The predicted octanol–water partition coefficient (Wildman–Crippen LogP) is 3.23. The Balaban J connectivity index is 2.67. The van der Waals surface area contributed by atoms with Crippen LogP contribution in [0.3, 0.4) is 0 Å². The molecule has 0 saturated heterocycles. The molecule has 90 valence electrons. The van der Waals surface area contributed by atoms with Crippen LogP contribution in [0, 0.1) is 5.92 Å². The van der Waals surface area contributed by atoms with Gasteiger partial charge in [0.2, 0.25) is 5.88 Å². The van der Waals surface area contributed by atoms with Gasteiger partial charge in [0.1, 0.15) is 0 Å². The Morgan fingerprint density at radius 1 is 1.25 bits per heavy atom. The number of ether oxygens (including phenoxy) is 1. The normalized spacial score (nSPS) is 13.2. The fourth-order valence-electron chi connectivity index (χ4n) is 1.22. The van der Waals surface area contributed by atoms with Crippen LogP contribution in [0.15, 0.2) is 12.4 Å². The third kappa shape index (κ3) is 4.47. The van der Waals surface area contributed by atoms with Gasteiger partial charge in [0.05, 0.1) is 18.0 Å². The molecule has 1 heterocycles. The van der Waals surface area contributed by atoms with E-state index >= 15 is 0 Å². The number of hydrogen-bond acceptors (Lipinski definition) is 3. The molecule has 0 bridgehead atoms. The first kappa shape index (κ1) is 13.4. The van der Waals surface area contributed by atoms with Crippen LogP contribution >= 0.6 is 15.9 Å². The van der Waals surface area contributed by atoms with Gasteiger partial charge in [-0.3, -0.25) is 4.98 Å². The molecule has 1 rings (SSSR count). The van der Waals surface area contributed by atoms with E-state index in [9.17, 15) is 0 Å². The summed E-state index contributed by atoms with van der Waals surface area (Å²) in [7, 11) is 0. The molecular formula is C12H19BrN2O. The summed E-state index contributed by atoms with van der Waals surface area (Å²) in [6, 6.07) is 0. The van der Waals surface area contributed by atoms with Crippen LogP contribution in [0.25, 0.3) is 0 Å². The van der Waals surface area contributed by atoms with Crippen LogP contribution in [0.2, 0.25) is 0 Å². The minimum atomic E-state index is 0.134. The van der Waals surface area contributed by atoms with Crippen molar-refractivity contribution >= 4 is 15.9 Å². The molecule has 0 aliphatic rings. The standard InChI is InChI=1S/C12H19BrN2O/c1-8(2)11(13)5-10-6-14-7-12(15-10)16-9(3)4/h6-9,11H,5H2,1-4H3. The van der Waals surface area contributed by atoms with Gasteiger partial charge in [-0.2, -0.15) is 0 Å². The van der Waals surface area contributed by atoms with E-state index in [-0.39, 0.29) is 6.10 Å². The molecule has 0 aliphatic heterocycles. The average Bonchev–Trinajstić information content (AvgIpc) is 2.16. The Hall–Kier alpha value is -0.640. The van der Waals surface area contributed by atoms with Crippen molar-refractivity contribution in [3.8, 4) is 5.88 Å². The zero-order valence-corrected chi connectivity index (χ0v) is 11.9. The maximum Gasteiger partial charge on any atom is 0.232 e. The van der Waals surface area contributed by atoms with E-state index in [4.69, 9.17) is 4.74 Å². The molecule has 0 spiro atoms. The molecule has 3 nitrogen and oxygen atoms in total. The highest BCUT2D eigenvalue weighted by atomic mass is 79.9. The Morgan fingerprint density at radius 3 is 2.50 bits per heavy atom. The summed E-state index contributed by atoms with van der Waals surface area (Å²) in [6.07, 6.45) is 4.46. The lowest BCUT2D eigenvalue weighted by Gasteiger charge is -2.14. The highest BCUT2D eigenvalue weighted by molar-refractivity contribution is 9.09. The molecule has 0 aliphatic carbocycles. The second kappa shape index (κ2) is 6.18. The molecule has 0 N–H and O–H groups in total. The van der Waals surface area contributed by atoms with Gasteiger partial charge < -0.3 is 4.74 Å². The second-order valence-corrected chi connectivity index (χ2v) is 5.66. The van der Waals surface area contributed by atoms with E-state index < -0.39 is 0 Å². The smallest absolute Gasteiger partial charge is 0.232 e. The number of nitrogens with zero attached hydrogens (tertiary/aromatic N) is 2. The van der Waals surface area contributed by atoms with Crippen molar-refractivity contribution < 1.29 is 4.74 Å². The molecule has 4 heteroatoms. The Labute approximate surface area is 106 Å². The lowest BCUT2D eigenvalue weighted by Crippen LogP contribution is -2.13. The number of rotatable bonds is 5. The Morgan fingerprint density at radius 2 is 1.94 bits per heavy atom. The molecule has 1 atom stereocenters. The summed E-state index contributed by atoms with van der Waals surface area (Å²) in [5.74, 6) is 1.19. The van der Waals surface area contributed by atoms with Crippen LogP contribution in [0.1, 0.15) is 33.4 Å². The third-order valence-electron chi connectivity index (χ3n) is 2.15. The first-order chi connectivity index (χ1) is 7.49. The summed E-state index contributed by atoms with van der Waals surface area (Å²) in [4.78, 5) is 8.99. The first-order valence-electron chi connectivity index (χ1n) is 5.60. The average molecular weight is 287 g/mol. The van der Waals surface area contributed by atoms with E-state index in [1.807, 2.05) is 13.8 Å². The summed E-state index contributed by atoms with van der Waals surface area (Å²) in [5, 5.41) is 0. The maximum absolute atomic E-state index is 5.51. The molecule has 0 fully saturated rings. The van der Waals surface area contributed by atoms with E-state index in [1.165, 1.54) is 0 Å². The molecule has 0 aromatic carbocycles. The largest absolute Gasteiger partial charge is 0.474 e. The monoisotopic (exact) mass is 286 g/mol. The fraction of sp³-hybridized carbons (Fsp3) is 0.667. The molecule has 16 heavy (non-hydrogen) atoms. The van der Waals surface area contributed by atoms with Gasteiger partial charge in [-0.15, -0.1) is 0 Å². The van der Waals surface area contributed by atoms with Crippen LogP contribution in [0.5, 0.6) is 5.88 Å². The van der Waals surface area contributed by atoms with E-state index in [1.54, 1.807) is 12.4 Å². The minimum Gasteiger partial charge on any atom is -0.474 e.